The van der Waals surface area contributed by atoms with Gasteiger partial charge in [-0.15, -0.1) is 0 Å². The van der Waals surface area contributed by atoms with Gasteiger partial charge >= 0.3 is 0 Å². The summed E-state index contributed by atoms with van der Waals surface area (Å²) in [6, 6.07) is 9.94. The van der Waals surface area contributed by atoms with Gasteiger partial charge in [-0.25, -0.2) is 0 Å². The van der Waals surface area contributed by atoms with Gasteiger partial charge in [-0.2, -0.15) is 0 Å². The number of nitrogen functional groups attached to an aromatic ring is 1. The molecule has 1 heterocycles. The number of nitrogens with one attached hydrogen (secondary N) is 2. The zero-order chi connectivity index (χ0) is 16.4. The fourth-order valence-electron chi connectivity index (χ4n) is 3.95. The highest BCUT2D eigenvalue weighted by Gasteiger charge is 2.16. The number of hydrogen-bond acceptors (Lipinski definition) is 3. The van der Waals surface area contributed by atoms with Crippen molar-refractivity contribution in [2.75, 3.05) is 5.73 Å². The van der Waals surface area contributed by atoms with E-state index < -0.39 is 0 Å². The summed E-state index contributed by atoms with van der Waals surface area (Å²) < 4.78 is 0. The van der Waals surface area contributed by atoms with Gasteiger partial charge in [0.05, 0.1) is 16.6 Å². The van der Waals surface area contributed by atoms with Gasteiger partial charge in [-0.1, -0.05) is 24.3 Å². The van der Waals surface area contributed by atoms with Crippen LogP contribution in [0.25, 0.3) is 44.2 Å². The van der Waals surface area contributed by atoms with Crippen molar-refractivity contribution in [2.45, 2.75) is 6.42 Å². The van der Waals surface area contributed by atoms with Crippen molar-refractivity contribution in [3.63, 3.8) is 0 Å². The number of H-pyrrole nitrogens is 1. The summed E-state index contributed by atoms with van der Waals surface area (Å²) >= 11 is 0. The van der Waals surface area contributed by atoms with Crippen molar-refractivity contribution in [1.29, 1.82) is 5.41 Å². The topological polar surface area (TPSA) is 91.7 Å². The van der Waals surface area contributed by atoms with E-state index in [9.17, 15) is 0 Å². The van der Waals surface area contributed by atoms with Crippen LogP contribution in [0.2, 0.25) is 0 Å². The summed E-state index contributed by atoms with van der Waals surface area (Å²) in [5, 5.41) is 15.6. The number of rotatable bonds is 0. The molecule has 1 aromatic heterocycles. The summed E-state index contributed by atoms with van der Waals surface area (Å²) in [5.74, 6) is 0. The quantitative estimate of drug-likeness (QED) is 0.228. The molecule has 0 saturated carbocycles. The fraction of sp³-hybridized carbons (Fsp3) is 0.0500. The molecule has 0 fully saturated rings. The second-order valence-electron chi connectivity index (χ2n) is 6.27. The van der Waals surface area contributed by atoms with Crippen molar-refractivity contribution in [2.24, 2.45) is 5.73 Å². The lowest BCUT2D eigenvalue weighted by Crippen LogP contribution is -2.16. The lowest BCUT2D eigenvalue weighted by molar-refractivity contribution is 1.26. The van der Waals surface area contributed by atoms with Crippen LogP contribution in [0.3, 0.4) is 0 Å². The number of aromatic amines is 1. The predicted molar refractivity (Wildman–Crippen MR) is 100 cm³/mol. The molecule has 1 aliphatic rings. The van der Waals surface area contributed by atoms with Crippen LogP contribution in [0.4, 0.5) is 5.69 Å². The molecule has 0 saturated heterocycles. The molecule has 1 aliphatic carbocycles. The molecule has 116 valence electrons. The number of hydrogen-bond donors (Lipinski definition) is 4. The van der Waals surface area contributed by atoms with Crippen LogP contribution in [-0.2, 0) is 0 Å². The molecule has 4 aromatic rings. The third kappa shape index (κ3) is 1.50. The van der Waals surface area contributed by atoms with Crippen LogP contribution in [-0.4, -0.2) is 4.98 Å². The SMILES string of the molecule is N=c1ccc2c3c1C(N)=CCC=c3c1ccc(N)c3[nH]ccc2c31. The number of anilines is 1. The van der Waals surface area contributed by atoms with E-state index in [4.69, 9.17) is 16.9 Å². The first-order valence-corrected chi connectivity index (χ1v) is 7.95. The average Bonchev–Trinajstić information content (AvgIpc) is 2.76. The molecule has 24 heavy (non-hydrogen) atoms. The highest BCUT2D eigenvalue weighted by molar-refractivity contribution is 6.23. The van der Waals surface area contributed by atoms with Gasteiger partial charge in [0.2, 0.25) is 0 Å². The Hall–Kier alpha value is -3.27. The highest BCUT2D eigenvalue weighted by atomic mass is 14.7. The van der Waals surface area contributed by atoms with Gasteiger partial charge in [0.1, 0.15) is 0 Å². The van der Waals surface area contributed by atoms with Crippen molar-refractivity contribution < 1.29 is 0 Å². The van der Waals surface area contributed by atoms with Gasteiger partial charge in [0.15, 0.2) is 0 Å². The van der Waals surface area contributed by atoms with Gasteiger partial charge in [-0.3, -0.25) is 0 Å². The number of aromatic nitrogens is 1. The maximum Gasteiger partial charge on any atom is 0.0699 e. The molecule has 4 heteroatoms. The zero-order valence-corrected chi connectivity index (χ0v) is 13.0. The second kappa shape index (κ2) is 4.38. The Morgan fingerprint density at radius 3 is 2.54 bits per heavy atom. The maximum atomic E-state index is 8.35. The monoisotopic (exact) mass is 312 g/mol. The molecular weight excluding hydrogens is 296 g/mol. The summed E-state index contributed by atoms with van der Waals surface area (Å²) in [5.41, 5.74) is 15.7. The van der Waals surface area contributed by atoms with Gasteiger partial charge in [0.25, 0.3) is 0 Å². The Labute approximate surface area is 137 Å². The van der Waals surface area contributed by atoms with Crippen molar-refractivity contribution in [1.82, 2.24) is 4.98 Å². The number of pyridine rings is 1. The average molecular weight is 312 g/mol. The molecule has 0 unspecified atom stereocenters. The van der Waals surface area contributed by atoms with E-state index in [2.05, 4.69) is 23.2 Å². The highest BCUT2D eigenvalue weighted by Crippen LogP contribution is 2.34. The van der Waals surface area contributed by atoms with Crippen LogP contribution in [0, 0.1) is 5.41 Å². The Kier molecular flexibility index (Phi) is 2.41. The fourth-order valence-corrected chi connectivity index (χ4v) is 3.95. The summed E-state index contributed by atoms with van der Waals surface area (Å²) in [6.45, 7) is 0. The zero-order valence-electron chi connectivity index (χ0n) is 13.0. The molecular formula is C20H16N4. The van der Waals surface area contributed by atoms with E-state index in [0.717, 1.165) is 55.3 Å². The minimum Gasteiger partial charge on any atom is -0.398 e. The third-order valence-electron chi connectivity index (χ3n) is 4.99. The molecule has 4 nitrogen and oxygen atoms in total. The van der Waals surface area contributed by atoms with Crippen LogP contribution in [0.15, 0.2) is 42.6 Å². The molecule has 6 N–H and O–H groups in total. The minimum absolute atomic E-state index is 0.466. The molecule has 0 radical (unpaired) electrons. The van der Waals surface area contributed by atoms with E-state index in [0.29, 0.717) is 11.1 Å². The number of allylic oxidation sites excluding steroid dienone is 1. The maximum absolute atomic E-state index is 8.35. The first-order chi connectivity index (χ1) is 11.7. The Bertz CT molecular complexity index is 1310. The van der Waals surface area contributed by atoms with Gasteiger partial charge < -0.3 is 21.9 Å². The van der Waals surface area contributed by atoms with Gasteiger partial charge in [-0.05, 0) is 46.0 Å². The van der Waals surface area contributed by atoms with E-state index in [1.165, 1.54) is 0 Å². The van der Waals surface area contributed by atoms with Crippen molar-refractivity contribution in [3.05, 3.63) is 58.7 Å². The summed E-state index contributed by atoms with van der Waals surface area (Å²) in [6.07, 6.45) is 6.86. The molecule has 3 aromatic carbocycles. The van der Waals surface area contributed by atoms with Crippen molar-refractivity contribution in [3.8, 4) is 0 Å². The Balaban J connectivity index is 2.25. The van der Waals surface area contributed by atoms with Crippen LogP contribution < -0.4 is 22.0 Å². The summed E-state index contributed by atoms with van der Waals surface area (Å²) in [4.78, 5) is 3.29. The standard InChI is InChI=1S/C20H16N4/c21-14-3-1-2-10-12-5-7-16(23)20-18(12)13(8-9-24-20)11-4-6-15(22)19(14)17(10)11/h2-9,22,24H,1,21,23H2. The second-order valence-corrected chi connectivity index (χ2v) is 6.27. The predicted octanol–water partition coefficient (Wildman–Crippen LogP) is 2.74. The Morgan fingerprint density at radius 2 is 1.67 bits per heavy atom. The van der Waals surface area contributed by atoms with E-state index in [-0.39, 0.29) is 0 Å². The van der Waals surface area contributed by atoms with E-state index in [1.807, 2.05) is 30.5 Å². The van der Waals surface area contributed by atoms with E-state index >= 15 is 0 Å². The molecule has 5 rings (SSSR count). The minimum atomic E-state index is 0.466. The molecule has 0 bridgehead atoms. The van der Waals surface area contributed by atoms with Crippen LogP contribution in [0.1, 0.15) is 12.0 Å². The van der Waals surface area contributed by atoms with E-state index in [1.54, 1.807) is 0 Å². The van der Waals surface area contributed by atoms with Crippen LogP contribution in [0.5, 0.6) is 0 Å². The van der Waals surface area contributed by atoms with Crippen LogP contribution >= 0.6 is 0 Å². The first-order valence-electron chi connectivity index (χ1n) is 7.95. The smallest absolute Gasteiger partial charge is 0.0699 e. The van der Waals surface area contributed by atoms with Crippen molar-refractivity contribution >= 4 is 49.9 Å². The number of benzene rings is 3. The van der Waals surface area contributed by atoms with Gasteiger partial charge in [0, 0.05) is 28.2 Å². The summed E-state index contributed by atoms with van der Waals surface area (Å²) in [7, 11) is 0. The molecule has 0 amide bonds. The normalized spacial score (nSPS) is 13.9. The first kappa shape index (κ1) is 13.2. The number of fused-ring (bicyclic) bond motifs is 2. The lowest BCUT2D eigenvalue weighted by Gasteiger charge is -2.14. The molecule has 0 aliphatic heterocycles. The lowest BCUT2D eigenvalue weighted by atomic mass is 9.91. The third-order valence-corrected chi connectivity index (χ3v) is 4.99. The molecule has 0 spiro atoms. The molecule has 0 atom stereocenters. The number of nitrogens with two attached hydrogens (primary N) is 2. The largest absolute Gasteiger partial charge is 0.398 e. The Morgan fingerprint density at radius 1 is 0.875 bits per heavy atom.